The van der Waals surface area contributed by atoms with Crippen molar-refractivity contribution in [1.29, 1.82) is 0 Å². The highest BCUT2D eigenvalue weighted by Gasteiger charge is 2.35. The van der Waals surface area contributed by atoms with Crippen molar-refractivity contribution >= 4 is 25.4 Å². The molecular weight excluding hydrogens is 262 g/mol. The van der Waals surface area contributed by atoms with Gasteiger partial charge in [0, 0.05) is 11.8 Å². The predicted octanol–water partition coefficient (Wildman–Crippen LogP) is 0.927. The molecule has 1 amide bonds. The quantitative estimate of drug-likeness (QED) is 0.481. The third kappa shape index (κ3) is 6.13. The minimum atomic E-state index is -0.474. The van der Waals surface area contributed by atoms with Crippen molar-refractivity contribution in [1.82, 2.24) is 0 Å². The zero-order valence-electron chi connectivity index (χ0n) is 12.5. The van der Waals surface area contributed by atoms with Gasteiger partial charge in [-0.05, 0) is 18.8 Å². The lowest BCUT2D eigenvalue weighted by Gasteiger charge is -2.39. The largest absolute Gasteiger partial charge is 0.400 e. The molecule has 4 nitrogen and oxygen atoms in total. The molecule has 0 spiro atoms. The molecule has 0 radical (unpaired) electrons. The van der Waals surface area contributed by atoms with E-state index < -0.39 is 19.5 Å². The lowest BCUT2D eigenvalue weighted by atomic mass is 9.77. The molecule has 0 aliphatic rings. The van der Waals surface area contributed by atoms with Crippen LogP contribution in [0.25, 0.3) is 0 Å². The second-order valence-corrected chi connectivity index (χ2v) is 7.14. The Balaban J connectivity index is 4.39. The summed E-state index contributed by atoms with van der Waals surface area (Å²) in [6.07, 6.45) is 2.22. The highest BCUT2D eigenvalue weighted by atomic mass is 28.2. The zero-order valence-corrected chi connectivity index (χ0v) is 15.3. The van der Waals surface area contributed by atoms with Crippen LogP contribution >= 0.6 is 0 Å². The average molecular weight is 292 g/mol. The summed E-state index contributed by atoms with van der Waals surface area (Å²) in [4.78, 5) is 10.8. The van der Waals surface area contributed by atoms with E-state index in [9.17, 15) is 4.79 Å². The fourth-order valence-corrected chi connectivity index (χ4v) is 3.82. The van der Waals surface area contributed by atoms with Gasteiger partial charge in [-0.1, -0.05) is 33.9 Å². The molecule has 0 saturated carbocycles. The van der Waals surface area contributed by atoms with Crippen LogP contribution in [0.15, 0.2) is 0 Å². The van der Waals surface area contributed by atoms with Gasteiger partial charge in [0.2, 0.25) is 5.91 Å². The first-order valence-corrected chi connectivity index (χ1v) is 10.9. The molecule has 6 heteroatoms. The van der Waals surface area contributed by atoms with Crippen molar-refractivity contribution in [3.63, 3.8) is 0 Å². The van der Waals surface area contributed by atoms with Gasteiger partial charge in [-0.25, -0.2) is 0 Å². The van der Waals surface area contributed by atoms with Gasteiger partial charge < -0.3 is 14.6 Å². The summed E-state index contributed by atoms with van der Waals surface area (Å²) in [5, 5.41) is 0. The minimum absolute atomic E-state index is 0.0103. The summed E-state index contributed by atoms with van der Waals surface area (Å²) in [6, 6.07) is 0. The van der Waals surface area contributed by atoms with Crippen molar-refractivity contribution in [2.75, 3.05) is 0 Å². The molecule has 0 rings (SSSR count). The molecule has 0 bridgehead atoms. The molecule has 0 aromatic heterocycles. The number of carbonyl (C=O) groups is 1. The number of primary amides is 1. The molecule has 0 aliphatic carbocycles. The third-order valence-electron chi connectivity index (χ3n) is 3.57. The lowest BCUT2D eigenvalue weighted by molar-refractivity contribution is -0.118. The lowest BCUT2D eigenvalue weighted by Crippen LogP contribution is -2.40. The smallest absolute Gasteiger partial charge is 0.217 e. The van der Waals surface area contributed by atoms with Crippen molar-refractivity contribution < 1.29 is 13.6 Å². The maximum Gasteiger partial charge on any atom is 0.217 e. The molecule has 0 aromatic carbocycles. The first kappa shape index (κ1) is 17.8. The van der Waals surface area contributed by atoms with Crippen molar-refractivity contribution in [3.8, 4) is 0 Å². The van der Waals surface area contributed by atoms with Gasteiger partial charge in [0.15, 0.2) is 19.5 Å². The Morgan fingerprint density at radius 3 is 2.17 bits per heavy atom. The van der Waals surface area contributed by atoms with E-state index in [1.807, 2.05) is 0 Å². The maximum absolute atomic E-state index is 10.8. The minimum Gasteiger partial charge on any atom is -0.400 e. The number of nitrogens with two attached hydrogens (primary N) is 1. The summed E-state index contributed by atoms with van der Waals surface area (Å²) in [5.74, 6) is 0.230. The van der Waals surface area contributed by atoms with Crippen LogP contribution in [0.1, 0.15) is 40.0 Å². The van der Waals surface area contributed by atoms with Crippen LogP contribution in [0.5, 0.6) is 0 Å². The van der Waals surface area contributed by atoms with E-state index in [4.69, 9.17) is 14.6 Å². The van der Waals surface area contributed by atoms with Crippen molar-refractivity contribution in [2.45, 2.75) is 59.4 Å². The molecule has 1 atom stereocenters. The van der Waals surface area contributed by atoms with Crippen LogP contribution < -0.4 is 5.73 Å². The highest BCUT2D eigenvalue weighted by Crippen LogP contribution is 2.36. The van der Waals surface area contributed by atoms with E-state index in [0.717, 1.165) is 12.8 Å². The van der Waals surface area contributed by atoms with E-state index in [2.05, 4.69) is 33.9 Å². The number of carbonyl (C=O) groups excluding carboxylic acids is 1. The Morgan fingerprint density at radius 1 is 1.28 bits per heavy atom. The summed E-state index contributed by atoms with van der Waals surface area (Å²) in [6.45, 7) is 10.8. The van der Waals surface area contributed by atoms with Crippen LogP contribution in [-0.2, 0) is 13.6 Å². The predicted molar refractivity (Wildman–Crippen MR) is 80.8 cm³/mol. The van der Waals surface area contributed by atoms with Gasteiger partial charge in [-0.3, -0.25) is 4.79 Å². The standard InChI is InChI=1S/C12H29NO3Si2/c1-9(7-6-8-10(13)14)12(2,3)11(15-17-4)16-18-5/h9,11H,6-8,17-18H2,1-5H3,(H2,13,14). The summed E-state index contributed by atoms with van der Waals surface area (Å²) in [7, 11) is -0.949. The van der Waals surface area contributed by atoms with Gasteiger partial charge in [0.05, 0.1) is 0 Å². The number of rotatable bonds is 10. The van der Waals surface area contributed by atoms with Crippen LogP contribution in [0.4, 0.5) is 0 Å². The number of amides is 1. The van der Waals surface area contributed by atoms with Gasteiger partial charge in [0.25, 0.3) is 0 Å². The van der Waals surface area contributed by atoms with E-state index in [1.165, 1.54) is 0 Å². The van der Waals surface area contributed by atoms with Gasteiger partial charge >= 0.3 is 0 Å². The molecule has 0 saturated heterocycles. The number of hydrogen-bond donors (Lipinski definition) is 1. The van der Waals surface area contributed by atoms with Crippen LogP contribution in [0.2, 0.25) is 13.1 Å². The summed E-state index contributed by atoms with van der Waals surface area (Å²) >= 11 is 0. The van der Waals surface area contributed by atoms with Gasteiger partial charge in [-0.15, -0.1) is 0 Å². The molecule has 2 N–H and O–H groups in total. The molecule has 108 valence electrons. The topological polar surface area (TPSA) is 61.6 Å². The SMILES string of the molecule is C[SiH2]OC(O[SiH2]C)C(C)(C)C(C)CCCC(N)=O. The van der Waals surface area contributed by atoms with Crippen LogP contribution in [-0.4, -0.2) is 31.7 Å². The van der Waals surface area contributed by atoms with Crippen LogP contribution in [0, 0.1) is 11.3 Å². The monoisotopic (exact) mass is 291 g/mol. The fraction of sp³-hybridized carbons (Fsp3) is 0.917. The third-order valence-corrected chi connectivity index (χ3v) is 4.85. The Morgan fingerprint density at radius 2 is 1.78 bits per heavy atom. The van der Waals surface area contributed by atoms with Gasteiger partial charge in [0.1, 0.15) is 6.29 Å². The van der Waals surface area contributed by atoms with Crippen molar-refractivity contribution in [2.24, 2.45) is 17.1 Å². The maximum atomic E-state index is 10.8. The zero-order chi connectivity index (χ0) is 14.2. The van der Waals surface area contributed by atoms with Crippen LogP contribution in [0.3, 0.4) is 0 Å². The Labute approximate surface area is 116 Å². The molecule has 0 aromatic rings. The summed E-state index contributed by atoms with van der Waals surface area (Å²) in [5.41, 5.74) is 5.16. The Kier molecular flexibility index (Phi) is 8.76. The second-order valence-electron chi connectivity index (χ2n) is 5.32. The van der Waals surface area contributed by atoms with E-state index in [1.54, 1.807) is 0 Å². The molecule has 0 fully saturated rings. The first-order valence-electron chi connectivity index (χ1n) is 6.87. The van der Waals surface area contributed by atoms with Crippen molar-refractivity contribution in [3.05, 3.63) is 0 Å². The molecule has 0 heterocycles. The molecular formula is C12H29NO3Si2. The van der Waals surface area contributed by atoms with E-state index in [0.29, 0.717) is 12.3 Å². The van der Waals surface area contributed by atoms with E-state index >= 15 is 0 Å². The van der Waals surface area contributed by atoms with E-state index in [-0.39, 0.29) is 17.6 Å². The molecule has 0 aliphatic heterocycles. The van der Waals surface area contributed by atoms with Gasteiger partial charge in [-0.2, -0.15) is 0 Å². The average Bonchev–Trinajstić information content (AvgIpc) is 2.28. The first-order chi connectivity index (χ1) is 8.36. The Hall–Kier alpha value is -0.176. The normalized spacial score (nSPS) is 16.7. The molecule has 18 heavy (non-hydrogen) atoms. The molecule has 1 unspecified atom stereocenters. The highest BCUT2D eigenvalue weighted by molar-refractivity contribution is 6.26. The second kappa shape index (κ2) is 8.84. The Bertz CT molecular complexity index is 243. The fourth-order valence-electron chi connectivity index (χ4n) is 1.97. The summed E-state index contributed by atoms with van der Waals surface area (Å²) < 4.78 is 11.7. The number of hydrogen-bond acceptors (Lipinski definition) is 3.